The van der Waals surface area contributed by atoms with Gasteiger partial charge in [0.05, 0.1) is 19.8 Å². The molecule has 1 unspecified atom stereocenters. The van der Waals surface area contributed by atoms with Gasteiger partial charge in [-0.05, 0) is 37.0 Å². The van der Waals surface area contributed by atoms with E-state index in [1.165, 1.54) is 5.56 Å². The van der Waals surface area contributed by atoms with Crippen molar-refractivity contribution in [1.29, 1.82) is 0 Å². The quantitative estimate of drug-likeness (QED) is 0.220. The lowest BCUT2D eigenvalue weighted by atomic mass is 9.99. The van der Waals surface area contributed by atoms with Gasteiger partial charge in [-0.2, -0.15) is 0 Å². The molecule has 0 bridgehead atoms. The fraction of sp³-hybridized carbons (Fsp3) is 0.471. The highest BCUT2D eigenvalue weighted by Crippen LogP contribution is 2.20. The molecule has 1 aromatic carbocycles. The summed E-state index contributed by atoms with van der Waals surface area (Å²) in [7, 11) is 0. The first-order chi connectivity index (χ1) is 10.0. The van der Waals surface area contributed by atoms with Gasteiger partial charge in [0, 0.05) is 5.69 Å². The maximum absolute atomic E-state index is 5.84. The monoisotopic (exact) mass is 417 g/mol. The molecule has 0 spiro atoms. The Bertz CT molecular complexity index is 471. The number of hydrogen-bond acceptors (Lipinski definition) is 2. The zero-order chi connectivity index (χ0) is 15.7. The summed E-state index contributed by atoms with van der Waals surface area (Å²) in [6.45, 7) is 11.8. The molecule has 5 heteroatoms. The van der Waals surface area contributed by atoms with Gasteiger partial charge < -0.3 is 15.8 Å². The van der Waals surface area contributed by atoms with Crippen molar-refractivity contribution < 1.29 is 4.74 Å². The molecule has 4 nitrogen and oxygen atoms in total. The Morgan fingerprint density at radius 3 is 2.55 bits per heavy atom. The predicted octanol–water partition coefficient (Wildman–Crippen LogP) is 4.14. The SMILES string of the molecule is C=C(C)COCCN=C(N)Nc1ccc(C(C)CC)cc1.I. The van der Waals surface area contributed by atoms with E-state index in [-0.39, 0.29) is 24.0 Å². The van der Waals surface area contributed by atoms with Crippen molar-refractivity contribution in [3.05, 3.63) is 42.0 Å². The number of aliphatic imine (C=N–C) groups is 1. The van der Waals surface area contributed by atoms with E-state index in [4.69, 9.17) is 10.5 Å². The molecule has 0 amide bonds. The average molecular weight is 417 g/mol. The highest BCUT2D eigenvalue weighted by Gasteiger charge is 2.02. The number of anilines is 1. The van der Waals surface area contributed by atoms with Gasteiger partial charge in [0.25, 0.3) is 0 Å². The van der Waals surface area contributed by atoms with Crippen LogP contribution in [0.5, 0.6) is 0 Å². The zero-order valence-electron chi connectivity index (χ0n) is 13.8. The van der Waals surface area contributed by atoms with Gasteiger partial charge in [-0.25, -0.2) is 0 Å². The van der Waals surface area contributed by atoms with Crippen LogP contribution in [0.25, 0.3) is 0 Å². The van der Waals surface area contributed by atoms with Crippen LogP contribution in [0.4, 0.5) is 5.69 Å². The standard InChI is InChI=1S/C17H27N3O.HI/c1-5-14(4)15-6-8-16(9-7-15)20-17(18)19-10-11-21-12-13(2)3;/h6-9,14H,2,5,10-12H2,1,3-4H3,(H3,18,19,20);1H. The van der Waals surface area contributed by atoms with Crippen LogP contribution in [0.1, 0.15) is 38.7 Å². The largest absolute Gasteiger partial charge is 0.375 e. The molecule has 0 aromatic heterocycles. The Morgan fingerprint density at radius 1 is 1.36 bits per heavy atom. The molecule has 0 aliphatic heterocycles. The van der Waals surface area contributed by atoms with Crippen molar-refractivity contribution in [1.82, 2.24) is 0 Å². The van der Waals surface area contributed by atoms with E-state index < -0.39 is 0 Å². The van der Waals surface area contributed by atoms with Crippen molar-refractivity contribution >= 4 is 35.6 Å². The Kier molecular flexibility index (Phi) is 10.9. The molecular weight excluding hydrogens is 389 g/mol. The van der Waals surface area contributed by atoms with Gasteiger partial charge in [0.15, 0.2) is 5.96 Å². The number of rotatable bonds is 8. The molecule has 0 saturated carbocycles. The second-order valence-corrected chi connectivity index (χ2v) is 5.33. The van der Waals surface area contributed by atoms with E-state index in [1.54, 1.807) is 0 Å². The van der Waals surface area contributed by atoms with E-state index >= 15 is 0 Å². The van der Waals surface area contributed by atoms with Crippen LogP contribution in [-0.4, -0.2) is 25.7 Å². The van der Waals surface area contributed by atoms with Crippen molar-refractivity contribution in [2.45, 2.75) is 33.1 Å². The summed E-state index contributed by atoms with van der Waals surface area (Å²) in [6.07, 6.45) is 1.14. The zero-order valence-corrected chi connectivity index (χ0v) is 16.1. The molecule has 0 fully saturated rings. The van der Waals surface area contributed by atoms with E-state index in [0.717, 1.165) is 17.7 Å². The summed E-state index contributed by atoms with van der Waals surface area (Å²) >= 11 is 0. The highest BCUT2D eigenvalue weighted by atomic mass is 127. The minimum absolute atomic E-state index is 0. The number of hydrogen-bond donors (Lipinski definition) is 2. The third-order valence-electron chi connectivity index (χ3n) is 3.23. The van der Waals surface area contributed by atoms with Crippen molar-refractivity contribution in [3.8, 4) is 0 Å². The average Bonchev–Trinajstić information content (AvgIpc) is 2.46. The minimum atomic E-state index is 0. The number of nitrogens with one attached hydrogen (secondary N) is 1. The van der Waals surface area contributed by atoms with E-state index in [0.29, 0.717) is 31.6 Å². The van der Waals surface area contributed by atoms with Gasteiger partial charge in [-0.1, -0.05) is 38.1 Å². The first kappa shape index (κ1) is 20.9. The molecule has 0 aliphatic rings. The molecule has 0 heterocycles. The van der Waals surface area contributed by atoms with Crippen LogP contribution in [-0.2, 0) is 4.74 Å². The summed E-state index contributed by atoms with van der Waals surface area (Å²) in [5.41, 5.74) is 9.13. The number of guanidine groups is 1. The Hall–Kier alpha value is -1.08. The molecule has 124 valence electrons. The first-order valence-electron chi connectivity index (χ1n) is 7.42. The van der Waals surface area contributed by atoms with Crippen LogP contribution in [0.15, 0.2) is 41.4 Å². The number of benzene rings is 1. The predicted molar refractivity (Wildman–Crippen MR) is 106 cm³/mol. The fourth-order valence-corrected chi connectivity index (χ4v) is 1.80. The maximum Gasteiger partial charge on any atom is 0.193 e. The minimum Gasteiger partial charge on any atom is -0.375 e. The summed E-state index contributed by atoms with van der Waals surface area (Å²) in [6, 6.07) is 8.31. The molecule has 3 N–H and O–H groups in total. The summed E-state index contributed by atoms with van der Waals surface area (Å²) < 4.78 is 5.36. The van der Waals surface area contributed by atoms with Crippen molar-refractivity contribution in [2.24, 2.45) is 10.7 Å². The summed E-state index contributed by atoms with van der Waals surface area (Å²) in [5, 5.41) is 3.08. The number of nitrogens with zero attached hydrogens (tertiary/aromatic N) is 1. The van der Waals surface area contributed by atoms with Crippen LogP contribution in [0.2, 0.25) is 0 Å². The van der Waals surface area contributed by atoms with Gasteiger partial charge in [0.2, 0.25) is 0 Å². The fourth-order valence-electron chi connectivity index (χ4n) is 1.80. The van der Waals surface area contributed by atoms with E-state index in [9.17, 15) is 0 Å². The van der Waals surface area contributed by atoms with Crippen molar-refractivity contribution in [2.75, 3.05) is 25.1 Å². The summed E-state index contributed by atoms with van der Waals surface area (Å²) in [4.78, 5) is 4.22. The third-order valence-corrected chi connectivity index (χ3v) is 3.23. The smallest absolute Gasteiger partial charge is 0.193 e. The maximum atomic E-state index is 5.84. The Labute approximate surface area is 151 Å². The van der Waals surface area contributed by atoms with Gasteiger partial charge in [0.1, 0.15) is 0 Å². The van der Waals surface area contributed by atoms with Gasteiger partial charge in [-0.3, -0.25) is 4.99 Å². The topological polar surface area (TPSA) is 59.6 Å². The Morgan fingerprint density at radius 2 is 2.00 bits per heavy atom. The second kappa shape index (κ2) is 11.5. The molecular formula is C17H28IN3O. The Balaban J connectivity index is 0.00000441. The molecule has 1 atom stereocenters. The highest BCUT2D eigenvalue weighted by molar-refractivity contribution is 14.0. The molecule has 1 aromatic rings. The van der Waals surface area contributed by atoms with Crippen LogP contribution < -0.4 is 11.1 Å². The first-order valence-corrected chi connectivity index (χ1v) is 7.42. The summed E-state index contributed by atoms with van der Waals surface area (Å²) in [5.74, 6) is 0.987. The van der Waals surface area contributed by atoms with Crippen LogP contribution in [0.3, 0.4) is 0 Å². The molecule has 0 radical (unpaired) electrons. The van der Waals surface area contributed by atoms with Gasteiger partial charge >= 0.3 is 0 Å². The molecule has 22 heavy (non-hydrogen) atoms. The molecule has 0 aliphatic carbocycles. The lowest BCUT2D eigenvalue weighted by Crippen LogP contribution is -2.23. The van der Waals surface area contributed by atoms with Crippen molar-refractivity contribution in [3.63, 3.8) is 0 Å². The lowest BCUT2D eigenvalue weighted by Gasteiger charge is -2.10. The number of ether oxygens (including phenoxy) is 1. The van der Waals surface area contributed by atoms with Gasteiger partial charge in [-0.15, -0.1) is 24.0 Å². The molecule has 1 rings (SSSR count). The number of nitrogens with two attached hydrogens (primary N) is 1. The third kappa shape index (κ3) is 8.38. The molecule has 0 saturated heterocycles. The van der Waals surface area contributed by atoms with Crippen LogP contribution in [0, 0.1) is 0 Å². The number of halogens is 1. The van der Waals surface area contributed by atoms with Crippen LogP contribution >= 0.6 is 24.0 Å². The lowest BCUT2D eigenvalue weighted by molar-refractivity contribution is 0.165. The second-order valence-electron chi connectivity index (χ2n) is 5.33. The normalized spacial score (nSPS) is 12.4. The van der Waals surface area contributed by atoms with E-state index in [2.05, 4.69) is 42.9 Å². The van der Waals surface area contributed by atoms with E-state index in [1.807, 2.05) is 19.1 Å².